The molecule has 0 N–H and O–H groups in total. The summed E-state index contributed by atoms with van der Waals surface area (Å²) < 4.78 is 1.89. The van der Waals surface area contributed by atoms with Crippen molar-refractivity contribution in [3.05, 3.63) is 97.0 Å². The summed E-state index contributed by atoms with van der Waals surface area (Å²) in [6.07, 6.45) is 5.51. The number of carbonyl (C=O) groups is 1. The minimum absolute atomic E-state index is 0.0840. The Morgan fingerprint density at radius 2 is 1.64 bits per heavy atom. The highest BCUT2D eigenvalue weighted by Crippen LogP contribution is 2.26. The van der Waals surface area contributed by atoms with Crippen LogP contribution >= 0.6 is 0 Å². The fraction of sp³-hybridized carbons (Fsp3) is 0.0455. The smallest absolute Gasteiger partial charge is 0.227 e. The maximum Gasteiger partial charge on any atom is 0.227 e. The van der Waals surface area contributed by atoms with Gasteiger partial charge in [0.2, 0.25) is 12.3 Å². The lowest BCUT2D eigenvalue weighted by atomic mass is 10.0. The molecule has 0 fully saturated rings. The zero-order valence-electron chi connectivity index (χ0n) is 13.7. The molecule has 0 radical (unpaired) electrons. The van der Waals surface area contributed by atoms with Crippen molar-refractivity contribution in [1.82, 2.24) is 4.98 Å². The Morgan fingerprint density at radius 1 is 0.880 bits per heavy atom. The van der Waals surface area contributed by atoms with Gasteiger partial charge < -0.3 is 0 Å². The summed E-state index contributed by atoms with van der Waals surface area (Å²) >= 11 is 0. The molecule has 0 amide bonds. The third kappa shape index (κ3) is 3.17. The molecule has 3 aromatic carbocycles. The van der Waals surface area contributed by atoms with Crippen LogP contribution in [-0.4, -0.2) is 10.8 Å². The molecule has 4 aromatic rings. The maximum atomic E-state index is 12.4. The molecule has 0 aliphatic heterocycles. The van der Waals surface area contributed by atoms with Gasteiger partial charge in [-0.25, -0.2) is 4.98 Å². The molecule has 3 nitrogen and oxygen atoms in total. The van der Waals surface area contributed by atoms with Gasteiger partial charge in [0, 0.05) is 11.1 Å². The number of hydrogen-bond acceptors (Lipinski definition) is 2. The molecule has 4 rings (SSSR count). The summed E-state index contributed by atoms with van der Waals surface area (Å²) in [6, 6.07) is 23.8. The maximum absolute atomic E-state index is 12.4. The van der Waals surface area contributed by atoms with Gasteiger partial charge in [0.1, 0.15) is 5.69 Å². The van der Waals surface area contributed by atoms with Crippen molar-refractivity contribution in [2.45, 2.75) is 6.54 Å². The molecule has 0 aliphatic rings. The summed E-state index contributed by atoms with van der Waals surface area (Å²) in [7, 11) is 0. The van der Waals surface area contributed by atoms with E-state index in [4.69, 9.17) is 0 Å². The molecule has 0 saturated carbocycles. The van der Waals surface area contributed by atoms with E-state index in [1.54, 1.807) is 6.20 Å². The molecule has 0 unspecified atom stereocenters. The van der Waals surface area contributed by atoms with E-state index in [2.05, 4.69) is 29.2 Å². The second-order valence-corrected chi connectivity index (χ2v) is 5.93. The molecule has 3 heteroatoms. The Morgan fingerprint density at radius 3 is 2.52 bits per heavy atom. The lowest BCUT2D eigenvalue weighted by molar-refractivity contribution is -0.683. The van der Waals surface area contributed by atoms with Gasteiger partial charge in [0.25, 0.3) is 0 Å². The van der Waals surface area contributed by atoms with Crippen molar-refractivity contribution in [2.75, 3.05) is 0 Å². The lowest BCUT2D eigenvalue weighted by Gasteiger charge is -2.05. The second-order valence-electron chi connectivity index (χ2n) is 5.93. The summed E-state index contributed by atoms with van der Waals surface area (Å²) in [5.74, 6) is 0.0840. The number of ketones is 1. The molecule has 1 aromatic heterocycles. The van der Waals surface area contributed by atoms with Crippen LogP contribution in [-0.2, 0) is 6.54 Å². The SMILES string of the molecule is O=C(C[n+]1ccnc(-c2cccc3ccccc23)c1)c1ccccc1. The van der Waals surface area contributed by atoms with Gasteiger partial charge in [-0.2, -0.15) is 4.57 Å². The highest BCUT2D eigenvalue weighted by atomic mass is 16.1. The van der Waals surface area contributed by atoms with Gasteiger partial charge in [0.15, 0.2) is 12.4 Å². The first-order chi connectivity index (χ1) is 12.3. The van der Waals surface area contributed by atoms with E-state index in [-0.39, 0.29) is 5.78 Å². The topological polar surface area (TPSA) is 33.8 Å². The first-order valence-corrected chi connectivity index (χ1v) is 8.23. The third-order valence-corrected chi connectivity index (χ3v) is 4.25. The lowest BCUT2D eigenvalue weighted by Crippen LogP contribution is -2.37. The Hall–Kier alpha value is -3.33. The Balaban J connectivity index is 1.69. The van der Waals surface area contributed by atoms with Crippen LogP contribution in [0.15, 0.2) is 91.4 Å². The number of nitrogens with zero attached hydrogens (tertiary/aromatic N) is 2. The van der Waals surface area contributed by atoms with E-state index in [1.165, 1.54) is 5.39 Å². The zero-order chi connectivity index (χ0) is 17.1. The van der Waals surface area contributed by atoms with Crippen LogP contribution in [0.3, 0.4) is 0 Å². The van der Waals surface area contributed by atoms with E-state index in [0.717, 1.165) is 22.2 Å². The van der Waals surface area contributed by atoms with E-state index in [0.29, 0.717) is 6.54 Å². The van der Waals surface area contributed by atoms with Gasteiger partial charge >= 0.3 is 0 Å². The number of benzene rings is 3. The number of rotatable bonds is 4. The molecule has 0 saturated heterocycles. The van der Waals surface area contributed by atoms with Gasteiger partial charge in [-0.1, -0.05) is 72.8 Å². The molecule has 0 atom stereocenters. The number of aromatic nitrogens is 2. The first kappa shape index (κ1) is 15.2. The zero-order valence-corrected chi connectivity index (χ0v) is 13.7. The van der Waals surface area contributed by atoms with Crippen molar-refractivity contribution < 1.29 is 9.36 Å². The van der Waals surface area contributed by atoms with Crippen LogP contribution in [0.4, 0.5) is 0 Å². The average molecular weight is 325 g/mol. The molecule has 120 valence electrons. The molecular weight excluding hydrogens is 308 g/mol. The van der Waals surface area contributed by atoms with Gasteiger partial charge in [-0.05, 0) is 10.8 Å². The predicted molar refractivity (Wildman–Crippen MR) is 98.1 cm³/mol. The minimum atomic E-state index is 0.0840. The Kier molecular flexibility index (Phi) is 4.05. The quantitative estimate of drug-likeness (QED) is 0.419. The normalized spacial score (nSPS) is 10.7. The van der Waals surface area contributed by atoms with Crippen molar-refractivity contribution in [3.63, 3.8) is 0 Å². The summed E-state index contributed by atoms with van der Waals surface area (Å²) in [5, 5.41) is 2.34. The molecule has 0 spiro atoms. The second kappa shape index (κ2) is 6.65. The highest BCUT2D eigenvalue weighted by molar-refractivity contribution is 5.96. The number of carbonyl (C=O) groups excluding carboxylic acids is 1. The van der Waals surface area contributed by atoms with E-state index in [1.807, 2.05) is 65.5 Å². The number of hydrogen-bond donors (Lipinski definition) is 0. The van der Waals surface area contributed by atoms with E-state index in [9.17, 15) is 4.79 Å². The van der Waals surface area contributed by atoms with E-state index >= 15 is 0 Å². The Labute approximate surface area is 146 Å². The summed E-state index contributed by atoms with van der Waals surface area (Å²) in [5.41, 5.74) is 2.65. The number of Topliss-reactive ketones (excluding diaryl/α,β-unsaturated/α-hetero) is 1. The van der Waals surface area contributed by atoms with Crippen LogP contribution in [0.5, 0.6) is 0 Å². The third-order valence-electron chi connectivity index (χ3n) is 4.25. The van der Waals surface area contributed by atoms with Gasteiger partial charge in [-0.15, -0.1) is 0 Å². The average Bonchev–Trinajstić information content (AvgIpc) is 2.68. The van der Waals surface area contributed by atoms with Crippen molar-refractivity contribution in [1.29, 1.82) is 0 Å². The van der Waals surface area contributed by atoms with Crippen LogP contribution in [0.2, 0.25) is 0 Å². The van der Waals surface area contributed by atoms with Crippen LogP contribution < -0.4 is 4.57 Å². The monoisotopic (exact) mass is 325 g/mol. The van der Waals surface area contributed by atoms with Gasteiger partial charge in [-0.3, -0.25) is 4.79 Å². The van der Waals surface area contributed by atoms with E-state index < -0.39 is 0 Å². The fourth-order valence-corrected chi connectivity index (χ4v) is 3.00. The first-order valence-electron chi connectivity index (χ1n) is 8.23. The van der Waals surface area contributed by atoms with Crippen molar-refractivity contribution >= 4 is 16.6 Å². The predicted octanol–water partition coefficient (Wildman–Crippen LogP) is 4.07. The minimum Gasteiger partial charge on any atom is -0.287 e. The van der Waals surface area contributed by atoms with Crippen molar-refractivity contribution in [2.24, 2.45) is 0 Å². The largest absolute Gasteiger partial charge is 0.287 e. The van der Waals surface area contributed by atoms with Crippen molar-refractivity contribution in [3.8, 4) is 11.3 Å². The molecule has 0 aliphatic carbocycles. The summed E-state index contributed by atoms with van der Waals surface area (Å²) in [4.78, 5) is 16.9. The van der Waals surface area contributed by atoms with Crippen LogP contribution in [0.1, 0.15) is 10.4 Å². The highest BCUT2D eigenvalue weighted by Gasteiger charge is 2.14. The number of fused-ring (bicyclic) bond motifs is 1. The van der Waals surface area contributed by atoms with Crippen LogP contribution in [0, 0.1) is 0 Å². The Bertz CT molecular complexity index is 1040. The fourth-order valence-electron chi connectivity index (χ4n) is 3.00. The molecular formula is C22H17N2O+. The molecule has 1 heterocycles. The molecule has 0 bridgehead atoms. The standard InChI is InChI=1S/C22H17N2O/c25-22(18-8-2-1-3-9-18)16-24-14-13-23-21(15-24)20-12-6-10-17-7-4-5-11-19(17)20/h1-15H,16H2/q+1. The summed E-state index contributed by atoms with van der Waals surface area (Å²) in [6.45, 7) is 0.296. The molecule has 25 heavy (non-hydrogen) atoms. The van der Waals surface area contributed by atoms with Crippen LogP contribution in [0.25, 0.3) is 22.0 Å². The van der Waals surface area contributed by atoms with Gasteiger partial charge in [0.05, 0.1) is 6.20 Å².